The van der Waals surface area contributed by atoms with E-state index in [1.165, 1.54) is 0 Å². The van der Waals surface area contributed by atoms with Crippen LogP contribution in [0.15, 0.2) is 42.7 Å². The van der Waals surface area contributed by atoms with Crippen molar-refractivity contribution < 1.29 is 9.53 Å². The molecule has 0 saturated carbocycles. The number of nitrogens with zero attached hydrogens (tertiary/aromatic N) is 7. The number of carbonyl (C=O) groups excluding carboxylic acids is 1. The van der Waals surface area contributed by atoms with E-state index in [0.717, 1.165) is 23.9 Å². The zero-order valence-electron chi connectivity index (χ0n) is 16.9. The molecule has 0 aliphatic carbocycles. The molecule has 1 aliphatic heterocycles. The molecule has 1 unspecified atom stereocenters. The molecule has 9 nitrogen and oxygen atoms in total. The largest absolute Gasteiger partial charge is 0.444 e. The van der Waals surface area contributed by atoms with Crippen LogP contribution in [0, 0.1) is 0 Å². The summed E-state index contributed by atoms with van der Waals surface area (Å²) < 4.78 is 5.57. The first-order chi connectivity index (χ1) is 13.9. The number of anilines is 1. The fraction of sp³-hybridized carbons (Fsp3) is 0.450. The molecule has 2 aromatic heterocycles. The number of para-hydroxylation sites is 1. The second-order valence-corrected chi connectivity index (χ2v) is 8.08. The lowest BCUT2D eigenvalue weighted by Gasteiger charge is -2.39. The van der Waals surface area contributed by atoms with Gasteiger partial charge in [0.2, 0.25) is 5.95 Å². The van der Waals surface area contributed by atoms with E-state index < -0.39 is 5.60 Å². The summed E-state index contributed by atoms with van der Waals surface area (Å²) in [6.45, 7) is 6.77. The first-order valence-electron chi connectivity index (χ1n) is 9.77. The predicted octanol–water partition coefficient (Wildman–Crippen LogP) is 2.89. The molecule has 3 heterocycles. The third-order valence-electron chi connectivity index (χ3n) is 4.69. The molecule has 1 atom stereocenters. The van der Waals surface area contributed by atoms with Gasteiger partial charge in [0.15, 0.2) is 0 Å². The highest BCUT2D eigenvalue weighted by Crippen LogP contribution is 2.24. The molecule has 29 heavy (non-hydrogen) atoms. The number of rotatable bonds is 3. The Labute approximate surface area is 169 Å². The molecule has 1 aromatic carbocycles. The summed E-state index contributed by atoms with van der Waals surface area (Å²) in [7, 11) is 0. The molecule has 3 aromatic rings. The number of likely N-dealkylation sites (tertiary alicyclic amines) is 1. The van der Waals surface area contributed by atoms with E-state index in [9.17, 15) is 4.79 Å². The summed E-state index contributed by atoms with van der Waals surface area (Å²) in [6.07, 6.45) is 4.80. The third-order valence-corrected chi connectivity index (χ3v) is 4.69. The molecule has 1 amide bonds. The maximum absolute atomic E-state index is 12.6. The van der Waals surface area contributed by atoms with Crippen LogP contribution in [0.3, 0.4) is 0 Å². The highest BCUT2D eigenvalue weighted by molar-refractivity contribution is 5.74. The SMILES string of the molecule is CC(C)(C)OC(=O)N1CCCC(N(c2ncccn2)n2nnc3ccccc32)C1. The Morgan fingerprint density at radius 2 is 1.93 bits per heavy atom. The highest BCUT2D eigenvalue weighted by atomic mass is 16.6. The summed E-state index contributed by atoms with van der Waals surface area (Å²) in [5.41, 5.74) is 1.11. The van der Waals surface area contributed by atoms with Crippen molar-refractivity contribution in [2.45, 2.75) is 45.3 Å². The average Bonchev–Trinajstić information content (AvgIpc) is 3.12. The van der Waals surface area contributed by atoms with Crippen molar-refractivity contribution in [3.63, 3.8) is 0 Å². The quantitative estimate of drug-likeness (QED) is 0.673. The van der Waals surface area contributed by atoms with Crippen molar-refractivity contribution in [2.24, 2.45) is 0 Å². The van der Waals surface area contributed by atoms with Crippen LogP contribution >= 0.6 is 0 Å². The van der Waals surface area contributed by atoms with E-state index in [1.807, 2.05) is 50.0 Å². The van der Waals surface area contributed by atoms with Crippen LogP contribution in [0.25, 0.3) is 11.0 Å². The molecule has 1 saturated heterocycles. The standard InChI is InChI=1S/C20H25N7O2/c1-20(2,3)29-19(28)25-13-6-8-15(14-25)26(18-21-11-7-12-22-18)27-17-10-5-4-9-16(17)23-24-27/h4-5,7,9-12,15H,6,8,13-14H2,1-3H3. The number of piperidine rings is 1. The summed E-state index contributed by atoms with van der Waals surface area (Å²) in [5, 5.41) is 10.5. The van der Waals surface area contributed by atoms with Crippen LogP contribution in [0.4, 0.5) is 10.7 Å². The van der Waals surface area contributed by atoms with Crippen LogP contribution in [-0.4, -0.2) is 60.8 Å². The van der Waals surface area contributed by atoms with Crippen molar-refractivity contribution in [3.05, 3.63) is 42.7 Å². The zero-order chi connectivity index (χ0) is 20.4. The molecule has 0 spiro atoms. The highest BCUT2D eigenvalue weighted by Gasteiger charge is 2.33. The molecule has 0 N–H and O–H groups in total. The van der Waals surface area contributed by atoms with Gasteiger partial charge in [-0.25, -0.2) is 19.8 Å². The smallest absolute Gasteiger partial charge is 0.410 e. The van der Waals surface area contributed by atoms with Crippen LogP contribution in [0.1, 0.15) is 33.6 Å². The van der Waals surface area contributed by atoms with Crippen molar-refractivity contribution in [3.8, 4) is 0 Å². The molecular weight excluding hydrogens is 370 g/mol. The Bertz CT molecular complexity index is 983. The lowest BCUT2D eigenvalue weighted by molar-refractivity contribution is 0.0194. The second kappa shape index (κ2) is 7.65. The van der Waals surface area contributed by atoms with Gasteiger partial charge in [-0.05, 0) is 57.0 Å². The molecule has 9 heteroatoms. The number of amides is 1. The Morgan fingerprint density at radius 1 is 1.17 bits per heavy atom. The lowest BCUT2D eigenvalue weighted by atomic mass is 10.1. The van der Waals surface area contributed by atoms with Crippen LogP contribution in [0.5, 0.6) is 0 Å². The number of benzene rings is 1. The Hall–Kier alpha value is -3.23. The monoisotopic (exact) mass is 395 g/mol. The molecule has 152 valence electrons. The van der Waals surface area contributed by atoms with Crippen molar-refractivity contribution >= 4 is 23.1 Å². The Morgan fingerprint density at radius 3 is 2.69 bits per heavy atom. The summed E-state index contributed by atoms with van der Waals surface area (Å²) >= 11 is 0. The third kappa shape index (κ3) is 4.13. The first kappa shape index (κ1) is 19.1. The first-order valence-corrected chi connectivity index (χ1v) is 9.77. The van der Waals surface area contributed by atoms with Gasteiger partial charge in [-0.2, -0.15) is 0 Å². The van der Waals surface area contributed by atoms with E-state index in [4.69, 9.17) is 4.74 Å². The molecule has 0 radical (unpaired) electrons. The van der Waals surface area contributed by atoms with Crippen molar-refractivity contribution in [1.82, 2.24) is 30.0 Å². The molecule has 1 fully saturated rings. The fourth-order valence-corrected chi connectivity index (χ4v) is 3.47. The fourth-order valence-electron chi connectivity index (χ4n) is 3.47. The topological polar surface area (TPSA) is 89.3 Å². The van der Waals surface area contributed by atoms with Gasteiger partial charge >= 0.3 is 6.09 Å². The van der Waals surface area contributed by atoms with Gasteiger partial charge in [0.25, 0.3) is 0 Å². The van der Waals surface area contributed by atoms with E-state index in [1.54, 1.807) is 28.2 Å². The Balaban J connectivity index is 1.68. The Kier molecular flexibility index (Phi) is 5.04. The molecule has 0 bridgehead atoms. The average molecular weight is 395 g/mol. The van der Waals surface area contributed by atoms with Gasteiger partial charge in [-0.15, -0.1) is 9.89 Å². The minimum Gasteiger partial charge on any atom is -0.444 e. The normalized spacial score (nSPS) is 17.3. The predicted molar refractivity (Wildman–Crippen MR) is 108 cm³/mol. The summed E-state index contributed by atoms with van der Waals surface area (Å²) in [6, 6.07) is 9.45. The van der Waals surface area contributed by atoms with E-state index in [-0.39, 0.29) is 12.1 Å². The van der Waals surface area contributed by atoms with E-state index in [0.29, 0.717) is 19.0 Å². The maximum Gasteiger partial charge on any atom is 0.410 e. The minimum atomic E-state index is -0.533. The number of fused-ring (bicyclic) bond motifs is 1. The maximum atomic E-state index is 12.6. The van der Waals surface area contributed by atoms with Gasteiger partial charge in [-0.1, -0.05) is 12.1 Å². The molecule has 1 aliphatic rings. The van der Waals surface area contributed by atoms with Crippen LogP contribution < -0.4 is 5.01 Å². The lowest BCUT2D eigenvalue weighted by Crippen LogP contribution is -2.53. The van der Waals surface area contributed by atoms with Gasteiger partial charge in [0.05, 0.1) is 6.04 Å². The second-order valence-electron chi connectivity index (χ2n) is 8.08. The number of carbonyl (C=O) groups is 1. The van der Waals surface area contributed by atoms with Gasteiger partial charge in [0, 0.05) is 25.5 Å². The van der Waals surface area contributed by atoms with Gasteiger partial charge in [-0.3, -0.25) is 0 Å². The number of aromatic nitrogens is 5. The van der Waals surface area contributed by atoms with Crippen LogP contribution in [-0.2, 0) is 4.74 Å². The number of ether oxygens (including phenoxy) is 1. The van der Waals surface area contributed by atoms with E-state index in [2.05, 4.69) is 20.3 Å². The van der Waals surface area contributed by atoms with Crippen molar-refractivity contribution in [2.75, 3.05) is 18.1 Å². The van der Waals surface area contributed by atoms with Gasteiger partial charge < -0.3 is 9.64 Å². The summed E-state index contributed by atoms with van der Waals surface area (Å²) in [5.74, 6) is 0.513. The van der Waals surface area contributed by atoms with E-state index >= 15 is 0 Å². The van der Waals surface area contributed by atoms with Crippen LogP contribution in [0.2, 0.25) is 0 Å². The minimum absolute atomic E-state index is 0.0659. The van der Waals surface area contributed by atoms with Gasteiger partial charge in [0.1, 0.15) is 16.6 Å². The molecule has 4 rings (SSSR count). The summed E-state index contributed by atoms with van der Waals surface area (Å²) in [4.78, 5) is 25.0. The number of hydrogen-bond donors (Lipinski definition) is 0. The molecular formula is C20H25N7O2. The van der Waals surface area contributed by atoms with Crippen molar-refractivity contribution in [1.29, 1.82) is 0 Å². The zero-order valence-corrected chi connectivity index (χ0v) is 16.9. The number of hydrogen-bond acceptors (Lipinski definition) is 7.